The van der Waals surface area contributed by atoms with E-state index in [-0.39, 0.29) is 6.04 Å². The van der Waals surface area contributed by atoms with Crippen LogP contribution in [0.15, 0.2) is 53.6 Å². The smallest absolute Gasteiger partial charge is 0.263 e. The van der Waals surface area contributed by atoms with E-state index in [2.05, 4.69) is 44.6 Å². The third kappa shape index (κ3) is 3.08. The van der Waals surface area contributed by atoms with Crippen molar-refractivity contribution in [2.45, 2.75) is 26.4 Å². The lowest BCUT2D eigenvalue weighted by Gasteiger charge is -2.13. The Bertz CT molecular complexity index is 991. The van der Waals surface area contributed by atoms with Crippen molar-refractivity contribution in [2.24, 2.45) is 0 Å². The van der Waals surface area contributed by atoms with E-state index in [1.807, 2.05) is 42.2 Å². The van der Waals surface area contributed by atoms with Gasteiger partial charge in [-0.15, -0.1) is 0 Å². The van der Waals surface area contributed by atoms with Gasteiger partial charge < -0.3 is 9.84 Å². The summed E-state index contributed by atoms with van der Waals surface area (Å²) in [5.74, 6) is 0.715. The molecule has 0 amide bonds. The maximum absolute atomic E-state index is 5.19. The molecule has 0 bridgehead atoms. The summed E-state index contributed by atoms with van der Waals surface area (Å²) in [5, 5.41) is 12.6. The maximum Gasteiger partial charge on any atom is 0.263 e. The van der Waals surface area contributed by atoms with Crippen molar-refractivity contribution in [3.8, 4) is 0 Å². The normalized spacial score (nSPS) is 12.4. The predicted octanol–water partition coefficient (Wildman–Crippen LogP) is 3.34. The van der Waals surface area contributed by atoms with Gasteiger partial charge in [-0.2, -0.15) is 10.1 Å². The van der Waals surface area contributed by atoms with Crippen LogP contribution in [0.5, 0.6) is 0 Å². The molecule has 126 valence electrons. The van der Waals surface area contributed by atoms with Gasteiger partial charge in [-0.1, -0.05) is 35.5 Å². The van der Waals surface area contributed by atoms with Gasteiger partial charge in [0.05, 0.1) is 24.5 Å². The van der Waals surface area contributed by atoms with Crippen LogP contribution in [0.3, 0.4) is 0 Å². The molecule has 4 aromatic rings. The fourth-order valence-electron chi connectivity index (χ4n) is 2.78. The molecule has 0 fully saturated rings. The van der Waals surface area contributed by atoms with Crippen LogP contribution in [-0.2, 0) is 6.54 Å². The average molecular weight is 334 g/mol. The molecule has 25 heavy (non-hydrogen) atoms. The summed E-state index contributed by atoms with van der Waals surface area (Å²) in [6, 6.07) is 10.3. The molecule has 7 heteroatoms. The lowest BCUT2D eigenvalue weighted by Crippen LogP contribution is -2.08. The molecular formula is C18H18N6O. The highest BCUT2D eigenvalue weighted by Crippen LogP contribution is 2.26. The Hall–Kier alpha value is -3.22. The van der Waals surface area contributed by atoms with Crippen LogP contribution in [0.2, 0.25) is 0 Å². The highest BCUT2D eigenvalue weighted by Gasteiger charge is 2.15. The zero-order valence-corrected chi connectivity index (χ0v) is 14.0. The molecule has 7 nitrogen and oxygen atoms in total. The van der Waals surface area contributed by atoms with Crippen molar-refractivity contribution in [2.75, 3.05) is 5.32 Å². The number of aryl methyl sites for hydroxylation is 1. The molecule has 0 saturated heterocycles. The predicted molar refractivity (Wildman–Crippen MR) is 94.1 cm³/mol. The number of aromatic nitrogens is 5. The van der Waals surface area contributed by atoms with Gasteiger partial charge >= 0.3 is 0 Å². The number of anilines is 1. The summed E-state index contributed by atoms with van der Waals surface area (Å²) in [7, 11) is 0. The lowest BCUT2D eigenvalue weighted by molar-refractivity contribution is 0.442. The fourth-order valence-corrected chi connectivity index (χ4v) is 2.78. The Morgan fingerprint density at radius 3 is 2.88 bits per heavy atom. The molecule has 0 spiro atoms. The van der Waals surface area contributed by atoms with Crippen LogP contribution >= 0.6 is 0 Å². The lowest BCUT2D eigenvalue weighted by atomic mass is 10.2. The first-order chi connectivity index (χ1) is 12.2. The van der Waals surface area contributed by atoms with Gasteiger partial charge in [-0.05, 0) is 19.4 Å². The molecule has 3 aromatic heterocycles. The molecule has 1 aromatic carbocycles. The van der Waals surface area contributed by atoms with E-state index in [4.69, 9.17) is 4.52 Å². The van der Waals surface area contributed by atoms with Gasteiger partial charge in [0, 0.05) is 11.8 Å². The van der Waals surface area contributed by atoms with Gasteiger partial charge in [0.2, 0.25) is 0 Å². The number of fused-ring (bicyclic) bond motifs is 1. The van der Waals surface area contributed by atoms with E-state index in [1.54, 1.807) is 0 Å². The molecule has 0 radical (unpaired) electrons. The zero-order valence-electron chi connectivity index (χ0n) is 14.0. The molecule has 1 atom stereocenters. The topological polar surface area (TPSA) is 81.7 Å². The standard InChI is InChI=1S/C18H18N6O/c1-12(22-17-16-13(2)23-25-18(16)20-11-19-17)15-8-21-24(10-15)9-14-6-4-3-5-7-14/h3-8,10-12H,9H2,1-2H3,(H,19,20,22)/t12-/m0/s1. The van der Waals surface area contributed by atoms with Crippen molar-refractivity contribution in [3.05, 3.63) is 65.9 Å². The Balaban J connectivity index is 1.53. The Labute approximate surface area is 144 Å². The SMILES string of the molecule is Cc1noc2ncnc(N[C@@H](C)c3cnn(Cc4ccccc4)c3)c12. The van der Waals surface area contributed by atoms with E-state index in [9.17, 15) is 0 Å². The maximum atomic E-state index is 5.19. The van der Waals surface area contributed by atoms with Crippen molar-refractivity contribution >= 4 is 16.9 Å². The van der Waals surface area contributed by atoms with Gasteiger partial charge in [-0.25, -0.2) is 4.98 Å². The summed E-state index contributed by atoms with van der Waals surface area (Å²) in [6.07, 6.45) is 5.39. The first-order valence-corrected chi connectivity index (χ1v) is 8.10. The third-order valence-corrected chi connectivity index (χ3v) is 4.14. The number of nitrogens with zero attached hydrogens (tertiary/aromatic N) is 5. The van der Waals surface area contributed by atoms with Crippen molar-refractivity contribution in [3.63, 3.8) is 0 Å². The quantitative estimate of drug-likeness (QED) is 0.603. The average Bonchev–Trinajstić information content (AvgIpc) is 3.24. The summed E-state index contributed by atoms with van der Waals surface area (Å²) < 4.78 is 7.12. The highest BCUT2D eigenvalue weighted by atomic mass is 16.5. The molecule has 0 saturated carbocycles. The summed E-state index contributed by atoms with van der Waals surface area (Å²) in [6.45, 7) is 4.69. The molecule has 0 aliphatic carbocycles. The fraction of sp³-hybridized carbons (Fsp3) is 0.222. The van der Waals surface area contributed by atoms with Crippen molar-refractivity contribution in [1.82, 2.24) is 24.9 Å². The number of rotatable bonds is 5. The third-order valence-electron chi connectivity index (χ3n) is 4.14. The minimum Gasteiger partial charge on any atom is -0.363 e. The van der Waals surface area contributed by atoms with Crippen molar-refractivity contribution in [1.29, 1.82) is 0 Å². The minimum atomic E-state index is 0.0388. The zero-order chi connectivity index (χ0) is 17.2. The molecule has 3 heterocycles. The highest BCUT2D eigenvalue weighted by molar-refractivity contribution is 5.87. The van der Waals surface area contributed by atoms with Crippen LogP contribution in [0.25, 0.3) is 11.1 Å². The Morgan fingerprint density at radius 2 is 2.04 bits per heavy atom. The minimum absolute atomic E-state index is 0.0388. The van der Waals surface area contributed by atoms with Gasteiger partial charge in [0.1, 0.15) is 17.5 Å². The van der Waals surface area contributed by atoms with Crippen LogP contribution < -0.4 is 5.32 Å². The summed E-state index contributed by atoms with van der Waals surface area (Å²) in [4.78, 5) is 8.43. The molecule has 0 aliphatic heterocycles. The summed E-state index contributed by atoms with van der Waals surface area (Å²) >= 11 is 0. The first kappa shape index (κ1) is 15.3. The van der Waals surface area contributed by atoms with Crippen LogP contribution in [0.1, 0.15) is 29.8 Å². The Morgan fingerprint density at radius 1 is 1.20 bits per heavy atom. The second-order valence-electron chi connectivity index (χ2n) is 5.99. The van der Waals surface area contributed by atoms with Gasteiger partial charge in [0.25, 0.3) is 5.71 Å². The molecule has 1 N–H and O–H groups in total. The molecule has 4 rings (SSSR count). The van der Waals surface area contributed by atoms with E-state index in [0.717, 1.165) is 23.2 Å². The van der Waals surface area contributed by atoms with Gasteiger partial charge in [0.15, 0.2) is 0 Å². The monoisotopic (exact) mass is 334 g/mol. The molecule has 0 aliphatic rings. The Kier molecular flexibility index (Phi) is 3.89. The van der Waals surface area contributed by atoms with Crippen molar-refractivity contribution < 1.29 is 4.52 Å². The van der Waals surface area contributed by atoms with Crippen LogP contribution in [0.4, 0.5) is 5.82 Å². The van der Waals surface area contributed by atoms with Crippen LogP contribution in [-0.4, -0.2) is 24.9 Å². The molecule has 0 unspecified atom stereocenters. The molecular weight excluding hydrogens is 316 g/mol. The second kappa shape index (κ2) is 6.35. The second-order valence-corrected chi connectivity index (χ2v) is 5.99. The van der Waals surface area contributed by atoms with E-state index < -0.39 is 0 Å². The summed E-state index contributed by atoms with van der Waals surface area (Å²) in [5.41, 5.74) is 3.55. The number of hydrogen-bond acceptors (Lipinski definition) is 6. The van der Waals surface area contributed by atoms with E-state index in [0.29, 0.717) is 11.5 Å². The van der Waals surface area contributed by atoms with Gasteiger partial charge in [-0.3, -0.25) is 4.68 Å². The number of benzene rings is 1. The van der Waals surface area contributed by atoms with E-state index in [1.165, 1.54) is 11.9 Å². The van der Waals surface area contributed by atoms with Crippen LogP contribution in [0, 0.1) is 6.92 Å². The first-order valence-electron chi connectivity index (χ1n) is 8.10. The number of nitrogens with one attached hydrogen (secondary N) is 1. The van der Waals surface area contributed by atoms with E-state index >= 15 is 0 Å². The largest absolute Gasteiger partial charge is 0.363 e. The number of hydrogen-bond donors (Lipinski definition) is 1.